The molecule has 1 aliphatic rings. The fourth-order valence-electron chi connectivity index (χ4n) is 4.13. The molecule has 26 heavy (non-hydrogen) atoms. The molecule has 140 valence electrons. The number of rotatable bonds is 6. The summed E-state index contributed by atoms with van der Waals surface area (Å²) in [6.45, 7) is 4.18. The lowest BCUT2D eigenvalue weighted by atomic mass is 9.95. The molecule has 0 aliphatic heterocycles. The molecule has 1 heterocycles. The minimum atomic E-state index is -0.462. The fraction of sp³-hybridized carbons (Fsp3) is 0.524. The Hall–Kier alpha value is -2.17. The van der Waals surface area contributed by atoms with Gasteiger partial charge in [-0.15, -0.1) is 0 Å². The predicted molar refractivity (Wildman–Crippen MR) is 104 cm³/mol. The third kappa shape index (κ3) is 3.39. The predicted octanol–water partition coefficient (Wildman–Crippen LogP) is 5.06. The SMILES string of the molecule is CCC(CC)n1c(NC2CCCCC2)c(C=O)c(=O)c2cc(F)ccc21. The summed E-state index contributed by atoms with van der Waals surface area (Å²) >= 11 is 0. The fourth-order valence-corrected chi connectivity index (χ4v) is 4.13. The minimum Gasteiger partial charge on any atom is -0.368 e. The second-order valence-corrected chi connectivity index (χ2v) is 7.19. The van der Waals surface area contributed by atoms with Crippen molar-refractivity contribution in [2.75, 3.05) is 5.32 Å². The largest absolute Gasteiger partial charge is 0.368 e. The van der Waals surface area contributed by atoms with Crippen molar-refractivity contribution < 1.29 is 9.18 Å². The van der Waals surface area contributed by atoms with Gasteiger partial charge in [0.1, 0.15) is 17.2 Å². The van der Waals surface area contributed by atoms with Gasteiger partial charge in [0.15, 0.2) is 6.29 Å². The summed E-state index contributed by atoms with van der Waals surface area (Å²) < 4.78 is 15.8. The quantitative estimate of drug-likeness (QED) is 0.735. The highest BCUT2D eigenvalue weighted by Gasteiger charge is 2.23. The van der Waals surface area contributed by atoms with Crippen LogP contribution < -0.4 is 10.7 Å². The number of pyridine rings is 1. The second-order valence-electron chi connectivity index (χ2n) is 7.19. The lowest BCUT2D eigenvalue weighted by Gasteiger charge is -2.30. The lowest BCUT2D eigenvalue weighted by molar-refractivity contribution is 0.112. The van der Waals surface area contributed by atoms with E-state index in [9.17, 15) is 14.0 Å². The number of hydrogen-bond acceptors (Lipinski definition) is 3. The molecular weight excluding hydrogens is 331 g/mol. The molecule has 5 heteroatoms. The summed E-state index contributed by atoms with van der Waals surface area (Å²) in [7, 11) is 0. The molecule has 0 radical (unpaired) electrons. The summed E-state index contributed by atoms with van der Waals surface area (Å²) in [5.74, 6) is 0.139. The molecule has 4 nitrogen and oxygen atoms in total. The van der Waals surface area contributed by atoms with Crippen molar-refractivity contribution in [1.29, 1.82) is 0 Å². The van der Waals surface area contributed by atoms with Crippen LogP contribution in [0.5, 0.6) is 0 Å². The zero-order valence-electron chi connectivity index (χ0n) is 15.6. The van der Waals surface area contributed by atoms with Gasteiger partial charge in [0, 0.05) is 17.5 Å². The monoisotopic (exact) mass is 358 g/mol. The number of aromatic nitrogens is 1. The number of halogens is 1. The molecular formula is C21H27FN2O2. The van der Waals surface area contributed by atoms with Crippen LogP contribution in [0.1, 0.15) is 75.2 Å². The Bertz CT molecular complexity index is 849. The zero-order chi connectivity index (χ0) is 18.7. The Kier molecular flexibility index (Phi) is 5.74. The number of anilines is 1. The standard InChI is InChI=1S/C21H27FN2O2/c1-3-16(4-2)24-19-11-10-14(22)12-17(19)20(26)18(13-25)21(24)23-15-8-6-5-7-9-15/h10-13,15-16,23H,3-9H2,1-2H3. The van der Waals surface area contributed by atoms with E-state index in [4.69, 9.17) is 0 Å². The first kappa shape index (κ1) is 18.6. The number of benzene rings is 1. The van der Waals surface area contributed by atoms with Crippen LogP contribution in [-0.2, 0) is 0 Å². The summed E-state index contributed by atoms with van der Waals surface area (Å²) in [6, 6.07) is 4.68. The van der Waals surface area contributed by atoms with Crippen molar-refractivity contribution in [3.05, 3.63) is 39.8 Å². The van der Waals surface area contributed by atoms with E-state index in [1.807, 2.05) is 0 Å². The maximum Gasteiger partial charge on any atom is 0.202 e. The number of carbonyl (C=O) groups is 1. The highest BCUT2D eigenvalue weighted by Crippen LogP contribution is 2.31. The van der Waals surface area contributed by atoms with E-state index in [0.29, 0.717) is 17.6 Å². The minimum absolute atomic E-state index is 0.112. The second kappa shape index (κ2) is 8.02. The Morgan fingerprint density at radius 3 is 2.54 bits per heavy atom. The van der Waals surface area contributed by atoms with E-state index in [-0.39, 0.29) is 23.0 Å². The van der Waals surface area contributed by atoms with Crippen LogP contribution in [0.3, 0.4) is 0 Å². The molecule has 0 saturated heterocycles. The molecule has 1 fully saturated rings. The highest BCUT2D eigenvalue weighted by atomic mass is 19.1. The van der Waals surface area contributed by atoms with Crippen molar-refractivity contribution in [2.45, 2.75) is 70.9 Å². The summed E-state index contributed by atoms with van der Waals surface area (Å²) in [6.07, 6.45) is 7.97. The molecule has 2 aromatic rings. The molecule has 0 bridgehead atoms. The maximum atomic E-state index is 13.8. The van der Waals surface area contributed by atoms with Crippen molar-refractivity contribution in [3.8, 4) is 0 Å². The number of nitrogens with one attached hydrogen (secondary N) is 1. The van der Waals surface area contributed by atoms with E-state index < -0.39 is 11.2 Å². The molecule has 1 N–H and O–H groups in total. The highest BCUT2D eigenvalue weighted by molar-refractivity contribution is 5.92. The van der Waals surface area contributed by atoms with Crippen molar-refractivity contribution in [2.24, 2.45) is 0 Å². The maximum absolute atomic E-state index is 13.8. The number of aldehydes is 1. The normalized spacial score (nSPS) is 15.5. The molecule has 1 aliphatic carbocycles. The summed E-state index contributed by atoms with van der Waals surface area (Å²) in [5, 5.41) is 3.78. The Balaban J connectivity index is 2.27. The molecule has 1 aromatic carbocycles. The van der Waals surface area contributed by atoms with E-state index in [1.165, 1.54) is 18.6 Å². The number of nitrogens with zero attached hydrogens (tertiary/aromatic N) is 1. The van der Waals surface area contributed by atoms with Gasteiger partial charge in [-0.05, 0) is 43.9 Å². The molecule has 0 atom stereocenters. The van der Waals surface area contributed by atoms with E-state index >= 15 is 0 Å². The number of fused-ring (bicyclic) bond motifs is 1. The third-order valence-corrected chi connectivity index (χ3v) is 5.57. The average Bonchev–Trinajstić information content (AvgIpc) is 2.66. The first-order valence-electron chi connectivity index (χ1n) is 9.70. The summed E-state index contributed by atoms with van der Waals surface area (Å²) in [5.41, 5.74) is 0.407. The van der Waals surface area contributed by atoms with E-state index in [1.54, 1.807) is 6.07 Å². The molecule has 1 saturated carbocycles. The van der Waals surface area contributed by atoms with Crippen LogP contribution in [0.15, 0.2) is 23.0 Å². The zero-order valence-corrected chi connectivity index (χ0v) is 15.6. The van der Waals surface area contributed by atoms with Gasteiger partial charge in [0.2, 0.25) is 5.43 Å². The lowest BCUT2D eigenvalue weighted by Crippen LogP contribution is -2.29. The third-order valence-electron chi connectivity index (χ3n) is 5.57. The van der Waals surface area contributed by atoms with Crippen LogP contribution in [0.25, 0.3) is 10.9 Å². The van der Waals surface area contributed by atoms with Crippen LogP contribution in [0, 0.1) is 5.82 Å². The van der Waals surface area contributed by atoms with Crippen LogP contribution in [-0.4, -0.2) is 16.9 Å². The van der Waals surface area contributed by atoms with Gasteiger partial charge in [0.25, 0.3) is 0 Å². The van der Waals surface area contributed by atoms with Gasteiger partial charge < -0.3 is 9.88 Å². The van der Waals surface area contributed by atoms with Crippen molar-refractivity contribution >= 4 is 23.0 Å². The van der Waals surface area contributed by atoms with Crippen LogP contribution in [0.4, 0.5) is 10.2 Å². The molecule has 0 spiro atoms. The topological polar surface area (TPSA) is 51.1 Å². The van der Waals surface area contributed by atoms with Gasteiger partial charge in [-0.3, -0.25) is 9.59 Å². The van der Waals surface area contributed by atoms with Gasteiger partial charge in [-0.2, -0.15) is 0 Å². The Labute approximate surface area is 153 Å². The van der Waals surface area contributed by atoms with Crippen LogP contribution >= 0.6 is 0 Å². The summed E-state index contributed by atoms with van der Waals surface area (Å²) in [4.78, 5) is 24.7. The first-order valence-corrected chi connectivity index (χ1v) is 9.70. The molecule has 1 aromatic heterocycles. The molecule has 0 amide bonds. The number of carbonyl (C=O) groups excluding carboxylic acids is 1. The first-order chi connectivity index (χ1) is 12.6. The average molecular weight is 358 g/mol. The molecule has 0 unspecified atom stereocenters. The van der Waals surface area contributed by atoms with Gasteiger partial charge in [-0.1, -0.05) is 33.1 Å². The van der Waals surface area contributed by atoms with Crippen molar-refractivity contribution in [1.82, 2.24) is 4.57 Å². The van der Waals surface area contributed by atoms with Gasteiger partial charge >= 0.3 is 0 Å². The van der Waals surface area contributed by atoms with E-state index in [0.717, 1.165) is 38.5 Å². The Morgan fingerprint density at radius 2 is 1.92 bits per heavy atom. The molecule has 3 rings (SSSR count). The Morgan fingerprint density at radius 1 is 1.23 bits per heavy atom. The smallest absolute Gasteiger partial charge is 0.202 e. The van der Waals surface area contributed by atoms with Crippen molar-refractivity contribution in [3.63, 3.8) is 0 Å². The van der Waals surface area contributed by atoms with E-state index in [2.05, 4.69) is 23.7 Å². The van der Waals surface area contributed by atoms with Crippen LogP contribution in [0.2, 0.25) is 0 Å². The number of hydrogen-bond donors (Lipinski definition) is 1. The van der Waals surface area contributed by atoms with Gasteiger partial charge in [-0.25, -0.2) is 4.39 Å². The van der Waals surface area contributed by atoms with Gasteiger partial charge in [0.05, 0.1) is 5.52 Å².